The van der Waals surface area contributed by atoms with E-state index in [4.69, 9.17) is 6.57 Å². The molecule has 0 unspecified atom stereocenters. The minimum atomic E-state index is 0.725. The number of nitrogens with zero attached hydrogens (tertiary/aromatic N) is 2. The predicted molar refractivity (Wildman–Crippen MR) is 49.4 cm³/mol. The van der Waals surface area contributed by atoms with Crippen LogP contribution < -0.4 is 0 Å². The number of hydrogen-bond acceptors (Lipinski definition) is 1. The Morgan fingerprint density at radius 1 is 1.50 bits per heavy atom. The molecule has 0 aromatic carbocycles. The number of pyridine rings is 1. The van der Waals surface area contributed by atoms with Gasteiger partial charge in [0.05, 0.1) is 6.57 Å². The van der Waals surface area contributed by atoms with Crippen LogP contribution in [0.25, 0.3) is 4.85 Å². The van der Waals surface area contributed by atoms with Gasteiger partial charge in [-0.2, -0.15) is 0 Å². The first-order valence-corrected chi connectivity index (χ1v) is 4.03. The van der Waals surface area contributed by atoms with Crippen molar-refractivity contribution in [1.82, 2.24) is 4.98 Å². The lowest BCUT2D eigenvalue weighted by atomic mass is 10.1. The number of hydrogen-bond donors (Lipinski definition) is 0. The minimum absolute atomic E-state index is 0.725. The molecule has 12 heavy (non-hydrogen) atoms. The molecule has 0 saturated heterocycles. The second-order valence-corrected chi connectivity index (χ2v) is 2.82. The van der Waals surface area contributed by atoms with Gasteiger partial charge in [0.25, 0.3) is 0 Å². The molecule has 1 heterocycles. The predicted octanol–water partition coefficient (Wildman–Crippen LogP) is 2.81. The summed E-state index contributed by atoms with van der Waals surface area (Å²) in [4.78, 5) is 7.71. The van der Waals surface area contributed by atoms with Crippen LogP contribution >= 0.6 is 0 Å². The summed E-state index contributed by atoms with van der Waals surface area (Å²) in [5.74, 6) is 0. The number of aromatic nitrogens is 1. The maximum Gasteiger partial charge on any atom is 0.211 e. The molecule has 0 amide bonds. The second-order valence-electron chi connectivity index (χ2n) is 2.82. The average Bonchev–Trinajstić information content (AvgIpc) is 2.03. The fourth-order valence-electron chi connectivity index (χ4n) is 1.32. The van der Waals surface area contributed by atoms with Gasteiger partial charge in [-0.1, -0.05) is 6.92 Å². The zero-order valence-electron chi connectivity index (χ0n) is 7.68. The van der Waals surface area contributed by atoms with E-state index in [-0.39, 0.29) is 0 Å². The van der Waals surface area contributed by atoms with Crippen LogP contribution in [-0.2, 0) is 6.42 Å². The van der Waals surface area contributed by atoms with Crippen LogP contribution in [0.5, 0.6) is 0 Å². The van der Waals surface area contributed by atoms with Crippen molar-refractivity contribution < 1.29 is 0 Å². The molecular formula is C10H12N2. The smallest absolute Gasteiger partial charge is 0.211 e. The fourth-order valence-corrected chi connectivity index (χ4v) is 1.32. The summed E-state index contributed by atoms with van der Waals surface area (Å²) in [6.45, 7) is 12.9. The second kappa shape index (κ2) is 3.36. The van der Waals surface area contributed by atoms with Gasteiger partial charge in [0.15, 0.2) is 0 Å². The summed E-state index contributed by atoms with van der Waals surface area (Å²) in [6, 6.07) is 1.99. The largest absolute Gasteiger partial charge is 0.270 e. The highest BCUT2D eigenvalue weighted by atomic mass is 14.8. The Morgan fingerprint density at radius 2 is 2.17 bits per heavy atom. The molecule has 0 bridgehead atoms. The Morgan fingerprint density at radius 3 is 2.67 bits per heavy atom. The first-order chi connectivity index (χ1) is 5.69. The highest BCUT2D eigenvalue weighted by Crippen LogP contribution is 2.23. The third-order valence-electron chi connectivity index (χ3n) is 1.87. The summed E-state index contributed by atoms with van der Waals surface area (Å²) in [5.41, 5.74) is 3.68. The van der Waals surface area contributed by atoms with Crippen molar-refractivity contribution in [3.05, 3.63) is 34.4 Å². The summed E-state index contributed by atoms with van der Waals surface area (Å²) in [7, 11) is 0. The zero-order chi connectivity index (χ0) is 9.14. The van der Waals surface area contributed by atoms with Gasteiger partial charge in [0.2, 0.25) is 5.69 Å². The van der Waals surface area contributed by atoms with E-state index in [0.29, 0.717) is 0 Å². The highest BCUT2D eigenvalue weighted by molar-refractivity contribution is 5.56. The molecule has 0 saturated carbocycles. The average molecular weight is 160 g/mol. The van der Waals surface area contributed by atoms with Gasteiger partial charge in [-0.15, -0.1) is 0 Å². The van der Waals surface area contributed by atoms with Crippen LogP contribution in [0.3, 0.4) is 0 Å². The lowest BCUT2D eigenvalue weighted by Crippen LogP contribution is -1.91. The normalized spacial score (nSPS) is 9.50. The quantitative estimate of drug-likeness (QED) is 0.577. The SMILES string of the molecule is [C-]#[N+]c1c(CC)cc(C)nc1C. The molecular weight excluding hydrogens is 148 g/mol. The molecule has 0 aliphatic rings. The highest BCUT2D eigenvalue weighted by Gasteiger charge is 2.05. The van der Waals surface area contributed by atoms with Crippen molar-refractivity contribution in [2.45, 2.75) is 27.2 Å². The Hall–Kier alpha value is -1.36. The van der Waals surface area contributed by atoms with Gasteiger partial charge < -0.3 is 0 Å². The van der Waals surface area contributed by atoms with Crippen molar-refractivity contribution in [2.24, 2.45) is 0 Å². The maximum atomic E-state index is 6.98. The first-order valence-electron chi connectivity index (χ1n) is 4.03. The summed E-state index contributed by atoms with van der Waals surface area (Å²) < 4.78 is 0. The lowest BCUT2D eigenvalue weighted by molar-refractivity contribution is 1.06. The first kappa shape index (κ1) is 8.73. The molecule has 0 aliphatic carbocycles. The van der Waals surface area contributed by atoms with E-state index < -0.39 is 0 Å². The van der Waals surface area contributed by atoms with Crippen LogP contribution in [0, 0.1) is 20.4 Å². The molecule has 2 nitrogen and oxygen atoms in total. The fraction of sp³-hybridized carbons (Fsp3) is 0.400. The Bertz CT molecular complexity index is 334. The van der Waals surface area contributed by atoms with Crippen molar-refractivity contribution in [3.63, 3.8) is 0 Å². The summed E-state index contributed by atoms with van der Waals surface area (Å²) in [6.07, 6.45) is 0.905. The van der Waals surface area contributed by atoms with E-state index in [9.17, 15) is 0 Å². The summed E-state index contributed by atoms with van der Waals surface area (Å²) >= 11 is 0. The van der Waals surface area contributed by atoms with Crippen LogP contribution in [0.15, 0.2) is 6.07 Å². The molecule has 0 fully saturated rings. The summed E-state index contributed by atoms with van der Waals surface area (Å²) in [5, 5.41) is 0. The third kappa shape index (κ3) is 1.45. The van der Waals surface area contributed by atoms with Gasteiger partial charge in [-0.3, -0.25) is 4.98 Å². The molecule has 0 N–H and O–H groups in total. The van der Waals surface area contributed by atoms with Gasteiger partial charge in [0.1, 0.15) is 0 Å². The van der Waals surface area contributed by atoms with E-state index in [1.807, 2.05) is 19.9 Å². The van der Waals surface area contributed by atoms with Crippen LogP contribution in [0.2, 0.25) is 0 Å². The van der Waals surface area contributed by atoms with E-state index >= 15 is 0 Å². The Balaban J connectivity index is 3.36. The Kier molecular flexibility index (Phi) is 2.44. The number of rotatable bonds is 1. The van der Waals surface area contributed by atoms with Crippen LogP contribution in [0.4, 0.5) is 5.69 Å². The molecule has 1 aromatic rings. The zero-order valence-corrected chi connectivity index (χ0v) is 7.68. The topological polar surface area (TPSA) is 17.2 Å². The van der Waals surface area contributed by atoms with Crippen molar-refractivity contribution in [2.75, 3.05) is 0 Å². The maximum absolute atomic E-state index is 6.98. The van der Waals surface area contributed by atoms with E-state index in [1.54, 1.807) is 0 Å². The molecule has 0 radical (unpaired) electrons. The van der Waals surface area contributed by atoms with Gasteiger partial charge in [-0.25, -0.2) is 4.85 Å². The lowest BCUT2D eigenvalue weighted by Gasteiger charge is -2.04. The number of aryl methyl sites for hydroxylation is 3. The van der Waals surface area contributed by atoms with Crippen LogP contribution in [0.1, 0.15) is 23.9 Å². The minimum Gasteiger partial charge on any atom is -0.270 e. The monoisotopic (exact) mass is 160 g/mol. The van der Waals surface area contributed by atoms with Crippen molar-refractivity contribution in [3.8, 4) is 0 Å². The molecule has 62 valence electrons. The Labute approximate surface area is 73.1 Å². The molecule has 2 heteroatoms. The molecule has 0 atom stereocenters. The standard InChI is InChI=1S/C10H12N2/c1-5-9-6-7(2)12-8(3)10(9)11-4/h6H,5H2,1-3H3. The molecule has 1 rings (SSSR count). The van der Waals surface area contributed by atoms with E-state index in [0.717, 1.165) is 29.1 Å². The van der Waals surface area contributed by atoms with E-state index in [2.05, 4.69) is 16.8 Å². The van der Waals surface area contributed by atoms with Crippen molar-refractivity contribution >= 4 is 5.69 Å². The van der Waals surface area contributed by atoms with Gasteiger partial charge in [0, 0.05) is 11.4 Å². The molecule has 0 aliphatic heterocycles. The van der Waals surface area contributed by atoms with Crippen molar-refractivity contribution in [1.29, 1.82) is 0 Å². The third-order valence-corrected chi connectivity index (χ3v) is 1.87. The van der Waals surface area contributed by atoms with Gasteiger partial charge in [-0.05, 0) is 31.9 Å². The van der Waals surface area contributed by atoms with E-state index in [1.165, 1.54) is 0 Å². The molecule has 1 aromatic heterocycles. The van der Waals surface area contributed by atoms with Gasteiger partial charge >= 0.3 is 0 Å². The van der Waals surface area contributed by atoms with Crippen LogP contribution in [-0.4, -0.2) is 4.98 Å². The molecule has 0 spiro atoms.